The minimum absolute atomic E-state index is 0.143. The van der Waals surface area contributed by atoms with Gasteiger partial charge >= 0.3 is 0 Å². The van der Waals surface area contributed by atoms with Crippen molar-refractivity contribution in [3.05, 3.63) is 30.3 Å². The standard InChI is InChI=1S/C10H15NO4S/c1-11(9-5-3-2-4-6-9)7-10(12)8-16(13,14)15/h2-6,10,12H,7-8H2,1H3,(H,13,14,15). The van der Waals surface area contributed by atoms with Crippen LogP contribution in [0.15, 0.2) is 30.3 Å². The van der Waals surface area contributed by atoms with Gasteiger partial charge in [0.25, 0.3) is 10.1 Å². The minimum Gasteiger partial charge on any atom is -0.390 e. The Bertz CT molecular complexity index is 418. The lowest BCUT2D eigenvalue weighted by Gasteiger charge is -2.21. The predicted octanol–water partition coefficient (Wildman–Crippen LogP) is 0.371. The summed E-state index contributed by atoms with van der Waals surface area (Å²) in [5.74, 6) is -0.649. The van der Waals surface area contributed by atoms with Crippen LogP contribution in [0.4, 0.5) is 5.69 Å². The number of anilines is 1. The number of benzene rings is 1. The molecule has 0 aliphatic rings. The van der Waals surface area contributed by atoms with E-state index < -0.39 is 22.0 Å². The number of hydrogen-bond acceptors (Lipinski definition) is 4. The second-order valence-corrected chi connectivity index (χ2v) is 5.12. The fourth-order valence-electron chi connectivity index (χ4n) is 1.40. The van der Waals surface area contributed by atoms with Crippen LogP contribution in [0.3, 0.4) is 0 Å². The zero-order valence-corrected chi connectivity index (χ0v) is 9.76. The lowest BCUT2D eigenvalue weighted by Crippen LogP contribution is -2.33. The van der Waals surface area contributed by atoms with Crippen LogP contribution in [0, 0.1) is 0 Å². The van der Waals surface area contributed by atoms with Gasteiger partial charge in [-0.2, -0.15) is 8.42 Å². The largest absolute Gasteiger partial charge is 0.390 e. The van der Waals surface area contributed by atoms with Crippen molar-refractivity contribution in [3.8, 4) is 0 Å². The molecule has 2 N–H and O–H groups in total. The van der Waals surface area contributed by atoms with E-state index in [1.54, 1.807) is 11.9 Å². The highest BCUT2D eigenvalue weighted by Gasteiger charge is 2.15. The first-order chi connectivity index (χ1) is 7.38. The second-order valence-electron chi connectivity index (χ2n) is 3.62. The Morgan fingerprint density at radius 3 is 2.38 bits per heavy atom. The van der Waals surface area contributed by atoms with Crippen molar-refractivity contribution >= 4 is 15.8 Å². The summed E-state index contributed by atoms with van der Waals surface area (Å²) in [6, 6.07) is 9.26. The van der Waals surface area contributed by atoms with Crippen LogP contribution in [0.2, 0.25) is 0 Å². The second kappa shape index (κ2) is 5.29. The van der Waals surface area contributed by atoms with E-state index in [-0.39, 0.29) is 6.54 Å². The summed E-state index contributed by atoms with van der Waals surface area (Å²) in [6.07, 6.45) is -1.11. The Kier molecular flexibility index (Phi) is 4.28. The van der Waals surface area contributed by atoms with Gasteiger partial charge < -0.3 is 10.0 Å². The normalized spacial score (nSPS) is 13.4. The maximum atomic E-state index is 10.5. The summed E-state index contributed by atoms with van der Waals surface area (Å²) in [6.45, 7) is 0.143. The van der Waals surface area contributed by atoms with E-state index in [2.05, 4.69) is 0 Å². The van der Waals surface area contributed by atoms with Gasteiger partial charge in [0, 0.05) is 19.3 Å². The highest BCUT2D eigenvalue weighted by atomic mass is 32.2. The molecule has 6 heteroatoms. The third kappa shape index (κ3) is 4.61. The van der Waals surface area contributed by atoms with Crippen LogP contribution >= 0.6 is 0 Å². The number of para-hydroxylation sites is 1. The van der Waals surface area contributed by atoms with Crippen LogP contribution in [-0.4, -0.2) is 43.5 Å². The van der Waals surface area contributed by atoms with Gasteiger partial charge in [-0.25, -0.2) is 0 Å². The molecule has 16 heavy (non-hydrogen) atoms. The topological polar surface area (TPSA) is 77.8 Å². The van der Waals surface area contributed by atoms with Crippen molar-refractivity contribution in [3.63, 3.8) is 0 Å². The molecule has 1 rings (SSSR count). The molecule has 0 heterocycles. The maximum Gasteiger partial charge on any atom is 0.267 e. The van der Waals surface area contributed by atoms with Crippen molar-refractivity contribution in [2.45, 2.75) is 6.10 Å². The van der Waals surface area contributed by atoms with Gasteiger partial charge in [0.15, 0.2) is 0 Å². The molecule has 0 saturated heterocycles. The van der Waals surface area contributed by atoms with Crippen LogP contribution in [0.25, 0.3) is 0 Å². The van der Waals surface area contributed by atoms with Crippen molar-refractivity contribution in [1.82, 2.24) is 0 Å². The molecule has 0 bridgehead atoms. The van der Waals surface area contributed by atoms with Crippen LogP contribution < -0.4 is 4.90 Å². The van der Waals surface area contributed by atoms with Gasteiger partial charge in [0.05, 0.1) is 6.10 Å². The Balaban J connectivity index is 2.55. The van der Waals surface area contributed by atoms with Crippen molar-refractivity contribution in [2.75, 3.05) is 24.2 Å². The average molecular weight is 245 g/mol. The van der Waals surface area contributed by atoms with Crippen molar-refractivity contribution in [1.29, 1.82) is 0 Å². The maximum absolute atomic E-state index is 10.5. The van der Waals surface area contributed by atoms with Crippen LogP contribution in [0.5, 0.6) is 0 Å². The number of rotatable bonds is 5. The Hall–Kier alpha value is -1.11. The first-order valence-electron chi connectivity index (χ1n) is 4.78. The fourth-order valence-corrected chi connectivity index (χ4v) is 1.99. The molecule has 1 atom stereocenters. The summed E-state index contributed by atoms with van der Waals surface area (Å²) in [5, 5.41) is 9.44. The van der Waals surface area contributed by atoms with E-state index in [0.29, 0.717) is 0 Å². The highest BCUT2D eigenvalue weighted by Crippen LogP contribution is 2.11. The van der Waals surface area contributed by atoms with Gasteiger partial charge in [0.2, 0.25) is 0 Å². The summed E-state index contributed by atoms with van der Waals surface area (Å²) in [7, 11) is -2.39. The quantitative estimate of drug-likeness (QED) is 0.733. The van der Waals surface area contributed by atoms with Gasteiger partial charge in [-0.1, -0.05) is 18.2 Å². The molecule has 0 aliphatic heterocycles. The molecule has 5 nitrogen and oxygen atoms in total. The summed E-state index contributed by atoms with van der Waals surface area (Å²) in [4.78, 5) is 1.72. The molecule has 0 fully saturated rings. The molecule has 0 radical (unpaired) electrons. The zero-order chi connectivity index (χ0) is 12.2. The van der Waals surface area contributed by atoms with Gasteiger partial charge in [-0.05, 0) is 12.1 Å². The van der Waals surface area contributed by atoms with Gasteiger partial charge in [-0.15, -0.1) is 0 Å². The molecular weight excluding hydrogens is 230 g/mol. The number of nitrogens with zero attached hydrogens (tertiary/aromatic N) is 1. The van der Waals surface area contributed by atoms with E-state index in [9.17, 15) is 13.5 Å². The summed E-state index contributed by atoms with van der Waals surface area (Å²) >= 11 is 0. The Morgan fingerprint density at radius 2 is 1.88 bits per heavy atom. The Morgan fingerprint density at radius 1 is 1.31 bits per heavy atom. The first kappa shape index (κ1) is 13.0. The van der Waals surface area contributed by atoms with Crippen molar-refractivity contribution < 1.29 is 18.1 Å². The monoisotopic (exact) mass is 245 g/mol. The van der Waals surface area contributed by atoms with E-state index in [1.807, 2.05) is 30.3 Å². The molecule has 1 aromatic carbocycles. The van der Waals surface area contributed by atoms with E-state index in [0.717, 1.165) is 5.69 Å². The zero-order valence-electron chi connectivity index (χ0n) is 8.94. The average Bonchev–Trinajstić information content (AvgIpc) is 2.16. The summed E-state index contributed by atoms with van der Waals surface area (Å²) in [5.41, 5.74) is 0.872. The predicted molar refractivity (Wildman–Crippen MR) is 62.1 cm³/mol. The summed E-state index contributed by atoms with van der Waals surface area (Å²) < 4.78 is 29.6. The fraction of sp³-hybridized carbons (Fsp3) is 0.400. The van der Waals surface area contributed by atoms with Crippen molar-refractivity contribution in [2.24, 2.45) is 0 Å². The van der Waals surface area contributed by atoms with Gasteiger partial charge in [0.1, 0.15) is 5.75 Å². The first-order valence-corrected chi connectivity index (χ1v) is 6.39. The highest BCUT2D eigenvalue weighted by molar-refractivity contribution is 7.85. The Labute approximate surface area is 95.1 Å². The third-order valence-electron chi connectivity index (χ3n) is 2.08. The van der Waals surface area contributed by atoms with E-state index in [4.69, 9.17) is 4.55 Å². The van der Waals surface area contributed by atoms with E-state index >= 15 is 0 Å². The molecule has 0 spiro atoms. The molecule has 0 amide bonds. The number of hydrogen-bond donors (Lipinski definition) is 2. The van der Waals surface area contributed by atoms with Crippen LogP contribution in [0.1, 0.15) is 0 Å². The molecule has 1 unspecified atom stereocenters. The number of aliphatic hydroxyl groups excluding tert-OH is 1. The lowest BCUT2D eigenvalue weighted by molar-refractivity contribution is 0.201. The molecular formula is C10H15NO4S. The van der Waals surface area contributed by atoms with Crippen LogP contribution in [-0.2, 0) is 10.1 Å². The van der Waals surface area contributed by atoms with E-state index in [1.165, 1.54) is 0 Å². The minimum atomic E-state index is -4.13. The third-order valence-corrected chi connectivity index (χ3v) is 2.89. The molecule has 0 aromatic heterocycles. The number of aliphatic hydroxyl groups is 1. The van der Waals surface area contributed by atoms with Gasteiger partial charge in [-0.3, -0.25) is 4.55 Å². The lowest BCUT2D eigenvalue weighted by atomic mass is 10.3. The number of likely N-dealkylation sites (N-methyl/N-ethyl adjacent to an activating group) is 1. The smallest absolute Gasteiger partial charge is 0.267 e. The molecule has 90 valence electrons. The molecule has 0 saturated carbocycles. The molecule has 1 aromatic rings. The molecule has 0 aliphatic carbocycles. The SMILES string of the molecule is CN(CC(O)CS(=O)(=O)O)c1ccccc1.